The van der Waals surface area contributed by atoms with Gasteiger partial charge in [-0.3, -0.25) is 0 Å². The molecular weight excluding hydrogens is 203 g/mol. The van der Waals surface area contributed by atoms with Crippen LogP contribution < -0.4 is 5.11 Å². The molecule has 0 saturated heterocycles. The van der Waals surface area contributed by atoms with Gasteiger partial charge < -0.3 is 5.11 Å². The molecule has 0 atom stereocenters. The van der Waals surface area contributed by atoms with Crippen LogP contribution in [0, 0.1) is 0 Å². The molecule has 0 aliphatic carbocycles. The van der Waals surface area contributed by atoms with Crippen molar-refractivity contribution in [3.05, 3.63) is 0 Å². The highest BCUT2D eigenvalue weighted by Gasteiger charge is 2.49. The van der Waals surface area contributed by atoms with Crippen molar-refractivity contribution in [1.29, 1.82) is 0 Å². The van der Waals surface area contributed by atoms with E-state index in [2.05, 4.69) is 55.4 Å². The Bertz CT molecular complexity index is 113. The summed E-state index contributed by atoms with van der Waals surface area (Å²) < 4.78 is 0. The van der Waals surface area contributed by atoms with Crippen molar-refractivity contribution < 1.29 is 5.11 Å². The van der Waals surface area contributed by atoms with Crippen LogP contribution in [0.5, 0.6) is 0 Å². The lowest BCUT2D eigenvalue weighted by molar-refractivity contribution is -0.325. The van der Waals surface area contributed by atoms with Gasteiger partial charge in [-0.25, -0.2) is 0 Å². The Kier molecular flexibility index (Phi) is 9.04. The molecule has 0 spiro atoms. The van der Waals surface area contributed by atoms with Crippen LogP contribution in [0.3, 0.4) is 0 Å². The lowest BCUT2D eigenvalue weighted by Gasteiger charge is -2.41. The van der Waals surface area contributed by atoms with E-state index in [1.54, 1.807) is 0 Å². The van der Waals surface area contributed by atoms with Crippen molar-refractivity contribution in [2.75, 3.05) is 7.11 Å². The van der Waals surface area contributed by atoms with Crippen LogP contribution >= 0.6 is 7.26 Å². The molecule has 15 heavy (non-hydrogen) atoms. The Hall–Kier alpha value is 0.390. The van der Waals surface area contributed by atoms with E-state index in [0.29, 0.717) is 0 Å². The van der Waals surface area contributed by atoms with Crippen LogP contribution in [0.25, 0.3) is 0 Å². The van der Waals surface area contributed by atoms with Gasteiger partial charge >= 0.3 is 0 Å². The summed E-state index contributed by atoms with van der Waals surface area (Å²) in [5.74, 6) is 0. The normalized spacial score (nSPS) is 12.4. The molecule has 0 aliphatic rings. The first kappa shape index (κ1) is 17.8. The zero-order valence-corrected chi connectivity index (χ0v) is 13.1. The molecule has 0 aromatic rings. The van der Waals surface area contributed by atoms with Crippen LogP contribution in [-0.2, 0) is 0 Å². The first-order valence-corrected chi connectivity index (χ1v) is 8.13. The molecule has 0 fully saturated rings. The molecular formula is C13H31OP. The molecule has 0 amide bonds. The van der Waals surface area contributed by atoms with Gasteiger partial charge in [-0.1, -0.05) is 0 Å². The monoisotopic (exact) mass is 234 g/mol. The Morgan fingerprint density at radius 1 is 0.533 bits per heavy atom. The third-order valence-electron chi connectivity index (χ3n) is 3.58. The van der Waals surface area contributed by atoms with Gasteiger partial charge in [0.25, 0.3) is 0 Å². The zero-order valence-electron chi connectivity index (χ0n) is 12.2. The van der Waals surface area contributed by atoms with Crippen molar-refractivity contribution in [3.8, 4) is 0 Å². The molecule has 0 aliphatic heterocycles. The van der Waals surface area contributed by atoms with Crippen LogP contribution in [0.2, 0.25) is 0 Å². The number of hydrogen-bond donors (Lipinski definition) is 0. The predicted molar refractivity (Wildman–Crippen MR) is 73.4 cm³/mol. The van der Waals surface area contributed by atoms with E-state index in [9.17, 15) is 0 Å². The van der Waals surface area contributed by atoms with Gasteiger partial charge in [0.05, 0.1) is 22.6 Å². The van der Waals surface area contributed by atoms with Crippen LogP contribution in [0.4, 0.5) is 0 Å². The molecule has 0 radical (unpaired) electrons. The summed E-state index contributed by atoms with van der Waals surface area (Å²) in [4.78, 5) is 0. The number of hydrogen-bond acceptors (Lipinski definition) is 1. The van der Waals surface area contributed by atoms with E-state index in [4.69, 9.17) is 5.11 Å². The minimum atomic E-state index is -0.784. The summed E-state index contributed by atoms with van der Waals surface area (Å²) in [5, 5.41) is 8.25. The van der Waals surface area contributed by atoms with Crippen molar-refractivity contribution in [2.24, 2.45) is 0 Å². The molecule has 0 rings (SSSR count). The molecule has 0 aromatic heterocycles. The number of rotatable bonds is 4. The molecule has 0 bridgehead atoms. The summed E-state index contributed by atoms with van der Waals surface area (Å²) in [6, 6.07) is 0. The predicted octanol–water partition coefficient (Wildman–Crippen LogP) is 3.61. The third-order valence-corrected chi connectivity index (χ3v) is 10.7. The van der Waals surface area contributed by atoms with Crippen molar-refractivity contribution in [1.82, 2.24) is 0 Å². The maximum Gasteiger partial charge on any atom is 0.0649 e. The summed E-state index contributed by atoms with van der Waals surface area (Å²) in [5.41, 5.74) is 3.53. The fourth-order valence-corrected chi connectivity index (χ4v) is 10.7. The van der Waals surface area contributed by atoms with E-state index in [1.807, 2.05) is 0 Å². The lowest BCUT2D eigenvalue weighted by Crippen LogP contribution is -2.29. The largest absolute Gasteiger partial charge is 0.857 e. The van der Waals surface area contributed by atoms with Crippen LogP contribution in [-0.4, -0.2) is 29.7 Å². The highest BCUT2D eigenvalue weighted by Crippen LogP contribution is 2.73. The van der Waals surface area contributed by atoms with Gasteiger partial charge in [-0.15, -0.1) is 0 Å². The van der Waals surface area contributed by atoms with Gasteiger partial charge in [0.1, 0.15) is 0 Å². The first-order valence-electron chi connectivity index (χ1n) is 6.06. The quantitative estimate of drug-likeness (QED) is 0.681. The first-order chi connectivity index (χ1) is 6.77. The second kappa shape index (κ2) is 7.63. The topological polar surface area (TPSA) is 23.1 Å². The SMILES string of the molecule is CC(C)[P+](C(C)C)(C(C)C)C(C)C.C[O-]. The maximum absolute atomic E-state index is 8.25. The molecule has 0 heterocycles. The standard InChI is InChI=1S/C12H28P.CH3O/c1-9(2)13(10(3)4,11(5)6)12(7)8;1-2/h9-12H,1-8H3;1H3/q+1;-1. The Morgan fingerprint density at radius 3 is 0.667 bits per heavy atom. The van der Waals surface area contributed by atoms with Gasteiger partial charge in [0.2, 0.25) is 0 Å². The summed E-state index contributed by atoms with van der Waals surface area (Å²) in [6.07, 6.45) is 0. The lowest BCUT2D eigenvalue weighted by atomic mass is 10.5. The fraction of sp³-hybridized carbons (Fsp3) is 1.00. The molecule has 1 nitrogen and oxygen atoms in total. The highest BCUT2D eigenvalue weighted by molar-refractivity contribution is 7.78. The minimum absolute atomic E-state index is 0.750. The second-order valence-electron chi connectivity index (χ2n) is 5.27. The minimum Gasteiger partial charge on any atom is -0.857 e. The van der Waals surface area contributed by atoms with Crippen molar-refractivity contribution >= 4 is 7.26 Å². The smallest absolute Gasteiger partial charge is 0.0649 e. The van der Waals surface area contributed by atoms with Gasteiger partial charge in [-0.05, 0) is 55.4 Å². The van der Waals surface area contributed by atoms with Gasteiger partial charge in [0, 0.05) is 7.26 Å². The third kappa shape index (κ3) is 3.71. The van der Waals surface area contributed by atoms with E-state index in [-0.39, 0.29) is 0 Å². The Morgan fingerprint density at radius 2 is 0.667 bits per heavy atom. The molecule has 2 heteroatoms. The molecule has 0 saturated carbocycles. The van der Waals surface area contributed by atoms with Gasteiger partial charge in [0.15, 0.2) is 0 Å². The second-order valence-corrected chi connectivity index (χ2v) is 11.2. The van der Waals surface area contributed by atoms with Crippen molar-refractivity contribution in [3.63, 3.8) is 0 Å². The molecule has 94 valence electrons. The van der Waals surface area contributed by atoms with Crippen LogP contribution in [0.15, 0.2) is 0 Å². The average Bonchev–Trinajstić information content (AvgIpc) is 2.05. The molecule has 0 N–H and O–H groups in total. The van der Waals surface area contributed by atoms with Crippen molar-refractivity contribution in [2.45, 2.75) is 78.0 Å². The fourth-order valence-electron chi connectivity index (χ4n) is 3.58. The van der Waals surface area contributed by atoms with E-state index < -0.39 is 7.26 Å². The van der Waals surface area contributed by atoms with Gasteiger partial charge in [-0.2, -0.15) is 7.11 Å². The van der Waals surface area contributed by atoms with E-state index in [0.717, 1.165) is 29.7 Å². The highest BCUT2D eigenvalue weighted by atomic mass is 31.2. The summed E-state index contributed by atoms with van der Waals surface area (Å²) in [6.45, 7) is 19.4. The Labute approximate surface area is 98.0 Å². The maximum atomic E-state index is 8.25. The molecule has 0 aromatic carbocycles. The van der Waals surface area contributed by atoms with Crippen LogP contribution in [0.1, 0.15) is 55.4 Å². The summed E-state index contributed by atoms with van der Waals surface area (Å²) >= 11 is 0. The van der Waals surface area contributed by atoms with E-state index >= 15 is 0 Å². The average molecular weight is 234 g/mol. The molecule has 0 unspecified atom stereocenters. The van der Waals surface area contributed by atoms with E-state index in [1.165, 1.54) is 0 Å². The summed E-state index contributed by atoms with van der Waals surface area (Å²) in [7, 11) is -0.0340. The Balaban J connectivity index is 0. The zero-order chi connectivity index (χ0) is 12.8.